The molecule has 1 aliphatic heterocycles. The Hall–Kier alpha value is -1.54. The summed E-state index contributed by atoms with van der Waals surface area (Å²) in [5.74, 6) is 0.278. The van der Waals surface area contributed by atoms with E-state index in [1.807, 2.05) is 45.0 Å². The quantitative estimate of drug-likeness (QED) is 0.618. The molecular formula is C26H37N3O2STi. The fourth-order valence-electron chi connectivity index (χ4n) is 4.82. The fraction of sp³-hybridized carbons (Fsp3) is 0.385. The largest absolute Gasteiger partial charge is 0.668 e. The van der Waals surface area contributed by atoms with Crippen LogP contribution in [0.4, 0.5) is 0 Å². The van der Waals surface area contributed by atoms with E-state index in [1.165, 1.54) is 17.2 Å². The average molecular weight is 504 g/mol. The summed E-state index contributed by atoms with van der Waals surface area (Å²) in [6, 6.07) is 12.2. The molecule has 2 aliphatic rings. The van der Waals surface area contributed by atoms with E-state index >= 15 is 0 Å². The van der Waals surface area contributed by atoms with Gasteiger partial charge >= 0.3 is 166 Å². The van der Waals surface area contributed by atoms with E-state index in [0.717, 1.165) is 16.7 Å². The number of rotatable bonds is 4. The van der Waals surface area contributed by atoms with Crippen LogP contribution in [0, 0.1) is 26.7 Å². The minimum Gasteiger partial charge on any atom is -0.668 e. The Morgan fingerprint density at radius 2 is 1.33 bits per heavy atom. The SMILES string of the molecule is CC1=[C]([Ti+2]2([NH]S(=O)(=O)c3c(C)cc(C)cc3C)[c]3cccc[c]32)C(C)C=C1.C[N-]C.C[N-]C. The number of aryl methyl sites for hydroxylation is 3. The molecule has 7 heteroatoms. The number of nitrogens with one attached hydrogen (secondary N) is 1. The molecule has 1 atom stereocenters. The van der Waals surface area contributed by atoms with E-state index in [9.17, 15) is 8.42 Å². The molecule has 1 aliphatic carbocycles. The van der Waals surface area contributed by atoms with Crippen molar-refractivity contribution in [3.8, 4) is 0 Å². The molecular weight excluding hydrogens is 466 g/mol. The second-order valence-electron chi connectivity index (χ2n) is 8.77. The predicted octanol–water partition coefficient (Wildman–Crippen LogP) is 4.64. The summed E-state index contributed by atoms with van der Waals surface area (Å²) in [5.41, 5.74) is 3.93. The average Bonchev–Trinajstić information content (AvgIpc) is 3.18. The van der Waals surface area contributed by atoms with Crippen molar-refractivity contribution in [3.05, 3.63) is 85.3 Å². The van der Waals surface area contributed by atoms with E-state index in [1.54, 1.807) is 28.2 Å². The number of fused-ring (bicyclic) bond motifs is 1. The maximum atomic E-state index is 13.6. The van der Waals surface area contributed by atoms with Crippen LogP contribution in [0.2, 0.25) is 0 Å². The maximum absolute atomic E-state index is 13.6. The molecule has 2 aromatic carbocycles. The first-order chi connectivity index (χ1) is 15.5. The second kappa shape index (κ2) is 11.3. The Morgan fingerprint density at radius 3 is 1.73 bits per heavy atom. The molecule has 5 nitrogen and oxygen atoms in total. The van der Waals surface area contributed by atoms with Gasteiger partial charge in [0.1, 0.15) is 0 Å². The summed E-state index contributed by atoms with van der Waals surface area (Å²) in [4.78, 5) is 0.438. The summed E-state index contributed by atoms with van der Waals surface area (Å²) >= 11 is -3.23. The van der Waals surface area contributed by atoms with Crippen molar-refractivity contribution in [1.29, 1.82) is 0 Å². The van der Waals surface area contributed by atoms with E-state index in [2.05, 4.69) is 52.0 Å². The van der Waals surface area contributed by atoms with Gasteiger partial charge in [0.25, 0.3) is 0 Å². The van der Waals surface area contributed by atoms with Gasteiger partial charge in [-0.2, -0.15) is 28.2 Å². The van der Waals surface area contributed by atoms with E-state index < -0.39 is 26.9 Å². The summed E-state index contributed by atoms with van der Waals surface area (Å²) in [7, 11) is 3.39. The summed E-state index contributed by atoms with van der Waals surface area (Å²) in [6.07, 6.45) is 4.33. The van der Waals surface area contributed by atoms with Gasteiger partial charge in [0.05, 0.1) is 0 Å². The first-order valence-corrected chi connectivity index (χ1v) is 15.7. The molecule has 33 heavy (non-hydrogen) atoms. The number of allylic oxidation sites excluding steroid dienone is 4. The monoisotopic (exact) mass is 503 g/mol. The molecule has 4 rings (SSSR count). The van der Waals surface area contributed by atoms with Crippen LogP contribution in [-0.2, 0) is 26.9 Å². The number of sulfonamides is 1. The van der Waals surface area contributed by atoms with Gasteiger partial charge in [-0.25, -0.2) is 0 Å². The second-order valence-corrected chi connectivity index (χ2v) is 16.2. The van der Waals surface area contributed by atoms with E-state index in [0.29, 0.717) is 4.90 Å². The third-order valence-corrected chi connectivity index (χ3v) is 16.3. The van der Waals surface area contributed by atoms with Gasteiger partial charge in [-0.3, -0.25) is 0 Å². The van der Waals surface area contributed by atoms with Crippen LogP contribution < -0.4 is 10.9 Å². The number of hydrogen-bond acceptors (Lipinski definition) is 2. The Labute approximate surface area is 204 Å². The molecule has 178 valence electrons. The standard InChI is InChI=1S/C9H12NO2S.C7H9.C6H4.2C2H6N.Ti/c1-6-4-7(2)9(8(3)5-6)13(10,11)12;1-6-3-4-7(2)5-6;1-2-4-6-5-3-1;2*1-3-2;/h4-5H,1-3H3,(H-,10,11,12);3-4,6H,1-2H3;1-4H;2*1-2H3;/q-1;;;2*-1;+3. The predicted molar refractivity (Wildman–Crippen MR) is 138 cm³/mol. The van der Waals surface area contributed by atoms with Crippen LogP contribution in [-0.4, -0.2) is 36.6 Å². The molecule has 0 saturated carbocycles. The van der Waals surface area contributed by atoms with E-state index in [-0.39, 0.29) is 5.92 Å². The van der Waals surface area contributed by atoms with Gasteiger partial charge in [-0.1, -0.05) is 0 Å². The molecule has 0 saturated heterocycles. The van der Waals surface area contributed by atoms with Crippen molar-refractivity contribution in [2.75, 3.05) is 28.2 Å². The Balaban J connectivity index is 0.000000582. The zero-order chi connectivity index (χ0) is 25.0. The summed E-state index contributed by atoms with van der Waals surface area (Å²) in [6.45, 7) is 10.1. The van der Waals surface area contributed by atoms with Gasteiger partial charge in [-0.05, 0) is 0 Å². The van der Waals surface area contributed by atoms with E-state index in [4.69, 9.17) is 0 Å². The number of nitrogens with zero attached hydrogens (tertiary/aromatic N) is 2. The van der Waals surface area contributed by atoms with Crippen LogP contribution in [0.5, 0.6) is 0 Å². The van der Waals surface area contributed by atoms with Gasteiger partial charge in [0, 0.05) is 0 Å². The van der Waals surface area contributed by atoms with Crippen molar-refractivity contribution in [2.24, 2.45) is 5.92 Å². The first kappa shape index (κ1) is 27.7. The molecule has 1 unspecified atom stereocenters. The fourth-order valence-corrected chi connectivity index (χ4v) is 16.9. The van der Waals surface area contributed by atoms with Crippen molar-refractivity contribution in [3.63, 3.8) is 0 Å². The third kappa shape index (κ3) is 5.59. The summed E-state index contributed by atoms with van der Waals surface area (Å²) < 4.78 is 34.2. The van der Waals surface area contributed by atoms with Crippen LogP contribution in [0.3, 0.4) is 0 Å². The van der Waals surface area contributed by atoms with Crippen molar-refractivity contribution >= 4 is 17.8 Å². The van der Waals surface area contributed by atoms with Gasteiger partial charge in [0.15, 0.2) is 0 Å². The Bertz CT molecular complexity index is 1120. The molecule has 1 N–H and O–H groups in total. The van der Waals surface area contributed by atoms with Crippen molar-refractivity contribution in [1.82, 2.24) is 3.20 Å². The van der Waals surface area contributed by atoms with Crippen molar-refractivity contribution in [2.45, 2.75) is 39.5 Å². The molecule has 0 bridgehead atoms. The maximum Gasteiger partial charge on any atom is -0.162 e. The number of hydrogen-bond donors (Lipinski definition) is 1. The van der Waals surface area contributed by atoms with Crippen LogP contribution in [0.1, 0.15) is 30.5 Å². The molecule has 0 fully saturated rings. The van der Waals surface area contributed by atoms with Crippen molar-refractivity contribution < 1.29 is 25.3 Å². The Kier molecular flexibility index (Phi) is 9.45. The topological polar surface area (TPSA) is 74.4 Å². The molecule has 0 aromatic heterocycles. The third-order valence-electron chi connectivity index (χ3n) is 5.75. The molecule has 1 heterocycles. The molecule has 0 spiro atoms. The smallest absolute Gasteiger partial charge is 0.162 e. The molecule has 2 aromatic rings. The van der Waals surface area contributed by atoms with Crippen LogP contribution in [0.25, 0.3) is 10.6 Å². The van der Waals surface area contributed by atoms with Gasteiger partial charge < -0.3 is 10.6 Å². The van der Waals surface area contributed by atoms with Gasteiger partial charge in [-0.15, -0.1) is 0 Å². The zero-order valence-electron chi connectivity index (χ0n) is 21.3. The van der Waals surface area contributed by atoms with Crippen LogP contribution >= 0.6 is 0 Å². The normalized spacial score (nSPS) is 16.6. The Morgan fingerprint density at radius 1 is 0.879 bits per heavy atom. The molecule has 0 amide bonds. The number of benzene rings is 2. The van der Waals surface area contributed by atoms with Crippen LogP contribution in [0.15, 0.2) is 62.9 Å². The zero-order valence-corrected chi connectivity index (χ0v) is 23.7. The summed E-state index contributed by atoms with van der Waals surface area (Å²) in [5, 5.41) is 7.00. The minimum absolute atomic E-state index is 0.278. The first-order valence-electron chi connectivity index (χ1n) is 11.1. The minimum atomic E-state index is -3.61. The molecule has 0 radical (unpaired) electrons. The van der Waals surface area contributed by atoms with Gasteiger partial charge in [0.2, 0.25) is 0 Å².